The Balaban J connectivity index is 1.93. The van der Waals surface area contributed by atoms with Gasteiger partial charge in [-0.25, -0.2) is 4.79 Å². The van der Waals surface area contributed by atoms with E-state index in [-0.39, 0.29) is 5.91 Å². The largest absolute Gasteiger partial charge is 0.493 e. The molecule has 0 spiro atoms. The third-order valence-corrected chi connectivity index (χ3v) is 5.94. The lowest BCUT2D eigenvalue weighted by atomic mass is 9.88. The van der Waals surface area contributed by atoms with Gasteiger partial charge in [0.15, 0.2) is 11.5 Å². The van der Waals surface area contributed by atoms with Crippen LogP contribution in [0.25, 0.3) is 0 Å². The van der Waals surface area contributed by atoms with Crippen molar-refractivity contribution in [3.63, 3.8) is 0 Å². The monoisotopic (exact) mass is 389 g/mol. The molecular formula is C20H23NO5S. The van der Waals surface area contributed by atoms with Crippen LogP contribution >= 0.6 is 11.3 Å². The summed E-state index contributed by atoms with van der Waals surface area (Å²) >= 11 is 1.46. The number of amides is 1. The molecule has 1 amide bonds. The number of carbonyl (C=O) groups is 2. The normalized spacial score (nSPS) is 15.6. The fourth-order valence-electron chi connectivity index (χ4n) is 3.31. The minimum atomic E-state index is -0.412. The smallest absolute Gasteiger partial charge is 0.341 e. The van der Waals surface area contributed by atoms with E-state index in [4.69, 9.17) is 14.2 Å². The Bertz CT molecular complexity index is 873. The molecule has 1 aromatic heterocycles. The molecule has 0 fully saturated rings. The van der Waals surface area contributed by atoms with E-state index in [1.807, 2.05) is 0 Å². The summed E-state index contributed by atoms with van der Waals surface area (Å²) in [5, 5.41) is 3.43. The highest BCUT2D eigenvalue weighted by atomic mass is 32.1. The third-order valence-electron chi connectivity index (χ3n) is 4.77. The molecule has 0 saturated carbocycles. The quantitative estimate of drug-likeness (QED) is 0.785. The zero-order chi connectivity index (χ0) is 19.6. The summed E-state index contributed by atoms with van der Waals surface area (Å²) in [5.41, 5.74) is 1.91. The number of nitrogens with one attached hydrogen (secondary N) is 1. The van der Waals surface area contributed by atoms with Crippen LogP contribution in [0.1, 0.15) is 44.5 Å². The van der Waals surface area contributed by atoms with Crippen LogP contribution in [0.4, 0.5) is 5.00 Å². The van der Waals surface area contributed by atoms with Crippen LogP contribution in [-0.2, 0) is 17.6 Å². The van der Waals surface area contributed by atoms with Gasteiger partial charge >= 0.3 is 5.97 Å². The Morgan fingerprint density at radius 3 is 2.56 bits per heavy atom. The first-order valence-corrected chi connectivity index (χ1v) is 9.56. The second kappa shape index (κ2) is 8.00. The first-order valence-electron chi connectivity index (χ1n) is 8.74. The molecule has 6 nitrogen and oxygen atoms in total. The predicted octanol–water partition coefficient (Wildman–Crippen LogP) is 3.93. The van der Waals surface area contributed by atoms with Crippen LogP contribution in [0.2, 0.25) is 0 Å². The maximum Gasteiger partial charge on any atom is 0.341 e. The molecule has 2 aromatic rings. The van der Waals surface area contributed by atoms with Gasteiger partial charge in [-0.3, -0.25) is 4.79 Å². The summed E-state index contributed by atoms with van der Waals surface area (Å²) in [4.78, 5) is 26.3. The number of hydrogen-bond donors (Lipinski definition) is 1. The number of thiophene rings is 1. The summed E-state index contributed by atoms with van der Waals surface area (Å²) < 4.78 is 15.4. The molecule has 0 aliphatic heterocycles. The molecule has 1 N–H and O–H groups in total. The minimum Gasteiger partial charge on any atom is -0.493 e. The molecular weight excluding hydrogens is 366 g/mol. The lowest BCUT2D eigenvalue weighted by molar-refractivity contribution is 0.0601. The number of rotatable bonds is 5. The minimum absolute atomic E-state index is 0.312. The van der Waals surface area contributed by atoms with Gasteiger partial charge in [-0.15, -0.1) is 11.3 Å². The molecule has 1 aliphatic rings. The SMILES string of the molecule is COC(=O)c1c(NC(=O)c2ccc(OC)c(OC)c2)sc2c1CC[C@H](C)C2. The highest BCUT2D eigenvalue weighted by Gasteiger charge is 2.29. The van der Waals surface area contributed by atoms with Crippen molar-refractivity contribution >= 4 is 28.2 Å². The van der Waals surface area contributed by atoms with E-state index >= 15 is 0 Å². The zero-order valence-corrected chi connectivity index (χ0v) is 16.7. The van der Waals surface area contributed by atoms with Gasteiger partial charge < -0.3 is 19.5 Å². The average molecular weight is 389 g/mol. The van der Waals surface area contributed by atoms with Gasteiger partial charge in [0.2, 0.25) is 0 Å². The van der Waals surface area contributed by atoms with E-state index in [0.29, 0.717) is 33.5 Å². The van der Waals surface area contributed by atoms with E-state index in [1.165, 1.54) is 32.7 Å². The van der Waals surface area contributed by atoms with E-state index in [0.717, 1.165) is 29.7 Å². The van der Waals surface area contributed by atoms with Crippen molar-refractivity contribution in [2.24, 2.45) is 5.92 Å². The Morgan fingerprint density at radius 1 is 1.15 bits per heavy atom. The number of carbonyl (C=O) groups excluding carboxylic acids is 2. The molecule has 7 heteroatoms. The lowest BCUT2D eigenvalue weighted by Gasteiger charge is -2.18. The van der Waals surface area contributed by atoms with E-state index in [1.54, 1.807) is 18.2 Å². The van der Waals surface area contributed by atoms with Crippen LogP contribution < -0.4 is 14.8 Å². The van der Waals surface area contributed by atoms with Crippen molar-refractivity contribution in [2.45, 2.75) is 26.2 Å². The zero-order valence-electron chi connectivity index (χ0n) is 15.9. The maximum absolute atomic E-state index is 12.8. The number of esters is 1. The van der Waals surface area contributed by atoms with Gasteiger partial charge in [-0.05, 0) is 48.9 Å². The molecule has 1 aliphatic carbocycles. The Morgan fingerprint density at radius 2 is 1.89 bits per heavy atom. The van der Waals surface area contributed by atoms with Gasteiger partial charge in [0.25, 0.3) is 5.91 Å². The summed E-state index contributed by atoms with van der Waals surface area (Å²) in [7, 11) is 4.42. The average Bonchev–Trinajstić information content (AvgIpc) is 3.03. The number of anilines is 1. The standard InChI is InChI=1S/C20H23NO5S/c1-11-5-7-13-16(9-11)27-19(17(13)20(23)26-4)21-18(22)12-6-8-14(24-2)15(10-12)25-3/h6,8,10-11H,5,7,9H2,1-4H3,(H,21,22)/t11-/m0/s1. The molecule has 1 aromatic carbocycles. The molecule has 1 atom stereocenters. The molecule has 0 bridgehead atoms. The van der Waals surface area contributed by atoms with Gasteiger partial charge in [0, 0.05) is 10.4 Å². The van der Waals surface area contributed by atoms with Gasteiger partial charge in [-0.2, -0.15) is 0 Å². The highest BCUT2D eigenvalue weighted by molar-refractivity contribution is 7.17. The van der Waals surface area contributed by atoms with Crippen LogP contribution in [0.5, 0.6) is 11.5 Å². The molecule has 27 heavy (non-hydrogen) atoms. The van der Waals surface area contributed by atoms with Crippen molar-refractivity contribution in [3.05, 3.63) is 39.8 Å². The van der Waals surface area contributed by atoms with E-state index in [2.05, 4.69) is 12.2 Å². The Kier molecular flexibility index (Phi) is 5.70. The fraction of sp³-hybridized carbons (Fsp3) is 0.400. The van der Waals surface area contributed by atoms with Crippen molar-refractivity contribution in [1.82, 2.24) is 0 Å². The number of methoxy groups -OCH3 is 3. The van der Waals surface area contributed by atoms with Crippen molar-refractivity contribution in [1.29, 1.82) is 0 Å². The highest BCUT2D eigenvalue weighted by Crippen LogP contribution is 2.40. The van der Waals surface area contributed by atoms with Crippen molar-refractivity contribution in [3.8, 4) is 11.5 Å². The van der Waals surface area contributed by atoms with Crippen molar-refractivity contribution in [2.75, 3.05) is 26.6 Å². The predicted molar refractivity (Wildman–Crippen MR) is 104 cm³/mol. The van der Waals surface area contributed by atoms with Crippen molar-refractivity contribution < 1.29 is 23.8 Å². The molecule has 1 heterocycles. The van der Waals surface area contributed by atoms with Crippen LogP contribution in [-0.4, -0.2) is 33.2 Å². The summed E-state index contributed by atoms with van der Waals surface area (Å²) in [6.45, 7) is 2.20. The second-order valence-electron chi connectivity index (χ2n) is 6.57. The topological polar surface area (TPSA) is 73.9 Å². The number of fused-ring (bicyclic) bond motifs is 1. The van der Waals surface area contributed by atoms with E-state index < -0.39 is 5.97 Å². The number of benzene rings is 1. The Hall–Kier alpha value is -2.54. The molecule has 3 rings (SSSR count). The molecule has 0 unspecified atom stereocenters. The van der Waals surface area contributed by atoms with E-state index in [9.17, 15) is 9.59 Å². The number of ether oxygens (including phenoxy) is 3. The van der Waals surface area contributed by atoms with Crippen LogP contribution in [0.15, 0.2) is 18.2 Å². The van der Waals surface area contributed by atoms with Gasteiger partial charge in [0.1, 0.15) is 5.00 Å². The summed E-state index contributed by atoms with van der Waals surface area (Å²) in [6, 6.07) is 4.95. The molecule has 144 valence electrons. The van der Waals surface area contributed by atoms with Crippen LogP contribution in [0.3, 0.4) is 0 Å². The molecule has 0 radical (unpaired) electrons. The van der Waals surface area contributed by atoms with Crippen LogP contribution in [0, 0.1) is 5.92 Å². The summed E-state index contributed by atoms with van der Waals surface area (Å²) in [6.07, 6.45) is 2.76. The summed E-state index contributed by atoms with van der Waals surface area (Å²) in [5.74, 6) is 0.857. The lowest BCUT2D eigenvalue weighted by Crippen LogP contribution is -2.16. The Labute approximate surface area is 162 Å². The third kappa shape index (κ3) is 3.78. The van der Waals surface area contributed by atoms with Gasteiger partial charge in [-0.1, -0.05) is 6.92 Å². The van der Waals surface area contributed by atoms with Gasteiger partial charge in [0.05, 0.1) is 26.9 Å². The number of hydrogen-bond acceptors (Lipinski definition) is 6. The second-order valence-corrected chi connectivity index (χ2v) is 7.68. The fourth-order valence-corrected chi connectivity index (χ4v) is 4.70. The molecule has 0 saturated heterocycles. The first-order chi connectivity index (χ1) is 13.0. The first kappa shape index (κ1) is 19.2. The maximum atomic E-state index is 12.8.